The maximum Gasteiger partial charge on any atom is 0.336 e. The zero-order valence-corrected chi connectivity index (χ0v) is 15.8. The van der Waals surface area contributed by atoms with Crippen molar-refractivity contribution in [1.82, 2.24) is 15.0 Å². The molecule has 144 valence electrons. The first kappa shape index (κ1) is 18.4. The second kappa shape index (κ2) is 7.94. The molecule has 1 aromatic heterocycles. The van der Waals surface area contributed by atoms with Crippen LogP contribution in [0.15, 0.2) is 53.1 Å². The number of carboxylic acid groups (broad SMARTS) is 1. The average Bonchev–Trinajstić information content (AvgIpc) is 3.15. The standard InChI is InChI=1S/C22H23N3O3/c1-15-23-21(24-28-15)18-5-4-12-25(14-18)13-16-8-10-17(11-9-16)19-6-2-3-7-20(19)22(26)27/h2-3,6-11,18H,4-5,12-14H2,1H3,(H,26,27)/t18-/m0/s1. The molecule has 1 fully saturated rings. The van der Waals surface area contributed by atoms with Crippen LogP contribution in [0, 0.1) is 6.92 Å². The van der Waals surface area contributed by atoms with E-state index < -0.39 is 5.97 Å². The molecule has 0 spiro atoms. The lowest BCUT2D eigenvalue weighted by Crippen LogP contribution is -2.34. The third-order valence-corrected chi connectivity index (χ3v) is 5.24. The normalized spacial score (nSPS) is 17.5. The highest BCUT2D eigenvalue weighted by molar-refractivity contribution is 5.95. The minimum Gasteiger partial charge on any atom is -0.478 e. The highest BCUT2D eigenvalue weighted by Gasteiger charge is 2.25. The Hall–Kier alpha value is -2.99. The summed E-state index contributed by atoms with van der Waals surface area (Å²) in [6.45, 7) is 4.65. The van der Waals surface area contributed by atoms with E-state index in [-0.39, 0.29) is 0 Å². The van der Waals surface area contributed by atoms with Crippen LogP contribution in [-0.2, 0) is 6.54 Å². The SMILES string of the molecule is Cc1nc([C@H]2CCCN(Cc3ccc(-c4ccccc4C(=O)O)cc3)C2)no1. The summed E-state index contributed by atoms with van der Waals surface area (Å²) in [5.74, 6) is 0.829. The van der Waals surface area contributed by atoms with Crippen LogP contribution in [0.1, 0.15) is 46.4 Å². The van der Waals surface area contributed by atoms with Crippen molar-refractivity contribution < 1.29 is 14.4 Å². The lowest BCUT2D eigenvalue weighted by molar-refractivity contribution is 0.0697. The summed E-state index contributed by atoms with van der Waals surface area (Å²) in [5, 5.41) is 13.5. The van der Waals surface area contributed by atoms with Gasteiger partial charge in [-0.3, -0.25) is 4.90 Å². The summed E-state index contributed by atoms with van der Waals surface area (Å²) in [7, 11) is 0. The molecule has 0 radical (unpaired) electrons. The van der Waals surface area contributed by atoms with Crippen molar-refractivity contribution in [1.29, 1.82) is 0 Å². The van der Waals surface area contributed by atoms with E-state index in [0.29, 0.717) is 17.4 Å². The Kier molecular flexibility index (Phi) is 5.21. The van der Waals surface area contributed by atoms with Crippen molar-refractivity contribution in [2.45, 2.75) is 32.2 Å². The summed E-state index contributed by atoms with van der Waals surface area (Å²) in [6, 6.07) is 15.3. The topological polar surface area (TPSA) is 79.5 Å². The fourth-order valence-corrected chi connectivity index (χ4v) is 3.86. The molecule has 6 nitrogen and oxygen atoms in total. The van der Waals surface area contributed by atoms with Gasteiger partial charge in [-0.1, -0.05) is 47.6 Å². The lowest BCUT2D eigenvalue weighted by Gasteiger charge is -2.31. The molecule has 0 unspecified atom stereocenters. The minimum absolute atomic E-state index is 0.313. The molecule has 1 atom stereocenters. The van der Waals surface area contributed by atoms with Crippen molar-refractivity contribution in [2.24, 2.45) is 0 Å². The minimum atomic E-state index is -0.907. The van der Waals surface area contributed by atoms with Gasteiger partial charge in [-0.2, -0.15) is 4.98 Å². The second-order valence-corrected chi connectivity index (χ2v) is 7.29. The molecule has 0 amide bonds. The molecule has 6 heteroatoms. The quantitative estimate of drug-likeness (QED) is 0.720. The predicted molar refractivity (Wildman–Crippen MR) is 105 cm³/mol. The first-order valence-corrected chi connectivity index (χ1v) is 9.54. The maximum absolute atomic E-state index is 11.5. The van der Waals surface area contributed by atoms with Gasteiger partial charge in [0.05, 0.1) is 5.56 Å². The number of carbonyl (C=O) groups is 1. The monoisotopic (exact) mass is 377 g/mol. The van der Waals surface area contributed by atoms with Crippen molar-refractivity contribution >= 4 is 5.97 Å². The summed E-state index contributed by atoms with van der Waals surface area (Å²) in [4.78, 5) is 18.3. The highest BCUT2D eigenvalue weighted by Crippen LogP contribution is 2.27. The van der Waals surface area contributed by atoms with E-state index in [0.717, 1.165) is 49.4 Å². The highest BCUT2D eigenvalue weighted by atomic mass is 16.5. The molecule has 1 aliphatic heterocycles. The number of aromatic carboxylic acids is 1. The van der Waals surface area contributed by atoms with Crippen LogP contribution in [0.4, 0.5) is 0 Å². The summed E-state index contributed by atoms with van der Waals surface area (Å²) >= 11 is 0. The number of nitrogens with zero attached hydrogens (tertiary/aromatic N) is 3. The molecule has 0 saturated carbocycles. The Morgan fingerprint density at radius 2 is 2.00 bits per heavy atom. The number of piperidine rings is 1. The van der Waals surface area contributed by atoms with Crippen molar-refractivity contribution in [3.8, 4) is 11.1 Å². The molecule has 3 aromatic rings. The maximum atomic E-state index is 11.5. The molecule has 2 aromatic carbocycles. The molecule has 1 aliphatic rings. The fraction of sp³-hybridized carbons (Fsp3) is 0.318. The van der Waals surface area contributed by atoms with Crippen LogP contribution < -0.4 is 0 Å². The number of aryl methyl sites for hydroxylation is 1. The van der Waals surface area contributed by atoms with Crippen LogP contribution in [0.2, 0.25) is 0 Å². The second-order valence-electron chi connectivity index (χ2n) is 7.29. The van der Waals surface area contributed by atoms with Gasteiger partial charge in [0.15, 0.2) is 5.82 Å². The van der Waals surface area contributed by atoms with E-state index in [4.69, 9.17) is 4.52 Å². The number of aromatic nitrogens is 2. The summed E-state index contributed by atoms with van der Waals surface area (Å²) in [6.07, 6.45) is 2.20. The van der Waals surface area contributed by atoms with Gasteiger partial charge in [0, 0.05) is 25.9 Å². The fourth-order valence-electron chi connectivity index (χ4n) is 3.86. The number of benzene rings is 2. The first-order chi connectivity index (χ1) is 13.6. The first-order valence-electron chi connectivity index (χ1n) is 9.54. The smallest absolute Gasteiger partial charge is 0.336 e. The predicted octanol–water partition coefficient (Wildman–Crippen LogP) is 4.12. The zero-order chi connectivity index (χ0) is 19.5. The Morgan fingerprint density at radius 1 is 1.21 bits per heavy atom. The van der Waals surface area contributed by atoms with Crippen molar-refractivity contribution in [2.75, 3.05) is 13.1 Å². The van der Waals surface area contributed by atoms with E-state index in [1.54, 1.807) is 12.1 Å². The Labute approximate surface area is 163 Å². The van der Waals surface area contributed by atoms with Crippen molar-refractivity contribution in [3.05, 3.63) is 71.4 Å². The number of carboxylic acids is 1. The van der Waals surface area contributed by atoms with Crippen LogP contribution >= 0.6 is 0 Å². The largest absolute Gasteiger partial charge is 0.478 e. The van der Waals surface area contributed by atoms with Gasteiger partial charge in [-0.15, -0.1) is 0 Å². The molecule has 2 heterocycles. The molecular formula is C22H23N3O3. The van der Waals surface area contributed by atoms with Crippen molar-refractivity contribution in [3.63, 3.8) is 0 Å². The number of likely N-dealkylation sites (tertiary alicyclic amines) is 1. The molecule has 4 rings (SSSR count). The number of hydrogen-bond donors (Lipinski definition) is 1. The lowest BCUT2D eigenvalue weighted by atomic mass is 9.96. The van der Waals surface area contributed by atoms with E-state index >= 15 is 0 Å². The van der Waals surface area contributed by atoms with E-state index in [9.17, 15) is 9.90 Å². The molecule has 28 heavy (non-hydrogen) atoms. The molecular weight excluding hydrogens is 354 g/mol. The van der Waals surface area contributed by atoms with Crippen LogP contribution in [0.25, 0.3) is 11.1 Å². The van der Waals surface area contributed by atoms with Gasteiger partial charge in [-0.05, 0) is 42.1 Å². The molecule has 1 N–H and O–H groups in total. The van der Waals surface area contributed by atoms with Crippen LogP contribution in [0.5, 0.6) is 0 Å². The van der Waals surface area contributed by atoms with Crippen LogP contribution in [-0.4, -0.2) is 39.2 Å². The number of rotatable bonds is 5. The van der Waals surface area contributed by atoms with Gasteiger partial charge in [0.25, 0.3) is 0 Å². The average molecular weight is 377 g/mol. The third kappa shape index (κ3) is 3.97. The molecule has 1 saturated heterocycles. The summed E-state index contributed by atoms with van der Waals surface area (Å²) < 4.78 is 5.13. The zero-order valence-electron chi connectivity index (χ0n) is 15.8. The number of hydrogen-bond acceptors (Lipinski definition) is 5. The van der Waals surface area contributed by atoms with Gasteiger partial charge in [-0.25, -0.2) is 4.79 Å². The van der Waals surface area contributed by atoms with Gasteiger partial charge in [0.1, 0.15) is 0 Å². The van der Waals surface area contributed by atoms with Gasteiger partial charge < -0.3 is 9.63 Å². The van der Waals surface area contributed by atoms with E-state index in [1.807, 2.05) is 31.2 Å². The molecule has 0 bridgehead atoms. The Morgan fingerprint density at radius 3 is 2.71 bits per heavy atom. The summed E-state index contributed by atoms with van der Waals surface area (Å²) in [5.41, 5.74) is 3.19. The molecule has 0 aliphatic carbocycles. The van der Waals surface area contributed by atoms with Crippen LogP contribution in [0.3, 0.4) is 0 Å². The third-order valence-electron chi connectivity index (χ3n) is 5.24. The Balaban J connectivity index is 1.45. The van der Waals surface area contributed by atoms with Gasteiger partial charge >= 0.3 is 5.97 Å². The Bertz CT molecular complexity index is 965. The van der Waals surface area contributed by atoms with Gasteiger partial charge in [0.2, 0.25) is 5.89 Å². The van der Waals surface area contributed by atoms with E-state index in [1.165, 1.54) is 5.56 Å². The van der Waals surface area contributed by atoms with E-state index in [2.05, 4.69) is 27.2 Å².